The van der Waals surface area contributed by atoms with Gasteiger partial charge in [-0.15, -0.1) is 5.10 Å². The van der Waals surface area contributed by atoms with Crippen LogP contribution in [-0.4, -0.2) is 45.5 Å². The molecule has 0 aliphatic carbocycles. The fraction of sp³-hybridized carbons (Fsp3) is 0.240. The maximum absolute atomic E-state index is 11.7. The lowest BCUT2D eigenvalue weighted by atomic mass is 10.0. The zero-order chi connectivity index (χ0) is 22.1. The first-order valence-electron chi connectivity index (χ1n) is 10.9. The summed E-state index contributed by atoms with van der Waals surface area (Å²) in [6.07, 6.45) is 1.89. The van der Waals surface area contributed by atoms with Crippen molar-refractivity contribution in [3.05, 3.63) is 78.0 Å². The van der Waals surface area contributed by atoms with Crippen molar-refractivity contribution >= 4 is 23.2 Å². The minimum atomic E-state index is -0.113. The number of amides is 1. The molecule has 0 atom stereocenters. The normalized spacial score (nSPS) is 14.3. The van der Waals surface area contributed by atoms with E-state index in [1.807, 2.05) is 24.4 Å². The van der Waals surface area contributed by atoms with Gasteiger partial charge in [0.2, 0.25) is 5.95 Å². The lowest BCUT2D eigenvalue weighted by molar-refractivity contribution is 0.0963. The van der Waals surface area contributed by atoms with Gasteiger partial charge in [-0.05, 0) is 53.4 Å². The van der Waals surface area contributed by atoms with Crippen LogP contribution in [0.5, 0.6) is 0 Å². The summed E-state index contributed by atoms with van der Waals surface area (Å²) in [5.74, 6) is 1.21. The van der Waals surface area contributed by atoms with E-state index in [0.29, 0.717) is 11.5 Å². The number of nitrogens with one attached hydrogen (secondary N) is 2. The summed E-state index contributed by atoms with van der Waals surface area (Å²) < 4.78 is 1.78. The second-order valence-electron chi connectivity index (χ2n) is 8.40. The van der Waals surface area contributed by atoms with Crippen LogP contribution < -0.4 is 10.6 Å². The number of benzene rings is 2. The van der Waals surface area contributed by atoms with E-state index in [9.17, 15) is 4.79 Å². The number of hydrogen-bond donors (Lipinski definition) is 2. The highest BCUT2D eigenvalue weighted by molar-refractivity contribution is 5.94. The zero-order valence-electron chi connectivity index (χ0n) is 18.2. The number of aromatic nitrogens is 3. The molecule has 2 aromatic heterocycles. The average molecular weight is 427 g/mol. The van der Waals surface area contributed by atoms with Crippen LogP contribution in [0.15, 0.2) is 66.9 Å². The summed E-state index contributed by atoms with van der Waals surface area (Å²) >= 11 is 0. The predicted octanol–water partition coefficient (Wildman–Crippen LogP) is 3.95. The van der Waals surface area contributed by atoms with Crippen LogP contribution in [0.4, 0.5) is 11.6 Å². The first-order chi connectivity index (χ1) is 15.6. The number of carbonyl (C=O) groups is 1. The van der Waals surface area contributed by atoms with Crippen molar-refractivity contribution in [3.63, 3.8) is 0 Å². The summed E-state index contributed by atoms with van der Waals surface area (Å²) in [4.78, 5) is 18.9. The largest absolute Gasteiger partial charge is 0.355 e. The lowest BCUT2D eigenvalue weighted by Crippen LogP contribution is -2.44. The van der Waals surface area contributed by atoms with Gasteiger partial charge in [0.1, 0.15) is 0 Å². The molecule has 7 heteroatoms. The second kappa shape index (κ2) is 8.43. The minimum Gasteiger partial charge on any atom is -0.355 e. The zero-order valence-corrected chi connectivity index (χ0v) is 18.2. The summed E-state index contributed by atoms with van der Waals surface area (Å²) in [6, 6.07) is 20.0. The van der Waals surface area contributed by atoms with Crippen LogP contribution in [-0.2, 0) is 6.54 Å². The Hall–Kier alpha value is -3.71. The molecule has 162 valence electrons. The first kappa shape index (κ1) is 20.2. The van der Waals surface area contributed by atoms with Crippen LogP contribution in [0.25, 0.3) is 16.8 Å². The minimum absolute atomic E-state index is 0.113. The lowest BCUT2D eigenvalue weighted by Gasteiger charge is -2.37. The highest BCUT2D eigenvalue weighted by Crippen LogP contribution is 2.26. The molecule has 0 spiro atoms. The summed E-state index contributed by atoms with van der Waals surface area (Å²) in [6.45, 7) is 5.67. The van der Waals surface area contributed by atoms with E-state index in [1.165, 1.54) is 18.7 Å². The van der Waals surface area contributed by atoms with Gasteiger partial charge in [0, 0.05) is 49.7 Å². The van der Waals surface area contributed by atoms with Crippen molar-refractivity contribution in [2.24, 2.45) is 5.92 Å². The Morgan fingerprint density at radius 3 is 2.50 bits per heavy atom. The first-order valence-corrected chi connectivity index (χ1v) is 10.9. The molecule has 1 aliphatic heterocycles. The predicted molar refractivity (Wildman–Crippen MR) is 126 cm³/mol. The van der Waals surface area contributed by atoms with Crippen molar-refractivity contribution in [1.82, 2.24) is 24.8 Å². The van der Waals surface area contributed by atoms with E-state index in [1.54, 1.807) is 23.7 Å². The summed E-state index contributed by atoms with van der Waals surface area (Å²) in [5.41, 5.74) is 5.70. The second-order valence-corrected chi connectivity index (χ2v) is 8.40. The molecule has 7 nitrogen and oxygen atoms in total. The van der Waals surface area contributed by atoms with Crippen LogP contribution in [0.2, 0.25) is 0 Å². The maximum Gasteiger partial charge on any atom is 0.251 e. The molecule has 3 heterocycles. The van der Waals surface area contributed by atoms with Gasteiger partial charge < -0.3 is 10.6 Å². The summed E-state index contributed by atoms with van der Waals surface area (Å²) in [5, 5.41) is 10.4. The van der Waals surface area contributed by atoms with E-state index in [2.05, 4.69) is 57.9 Å². The highest BCUT2D eigenvalue weighted by atomic mass is 16.1. The van der Waals surface area contributed by atoms with E-state index < -0.39 is 0 Å². The molecule has 0 radical (unpaired) electrons. The fourth-order valence-corrected chi connectivity index (χ4v) is 4.17. The van der Waals surface area contributed by atoms with Crippen LogP contribution >= 0.6 is 0 Å². The molecule has 5 rings (SSSR count). The quantitative estimate of drug-likeness (QED) is 0.488. The third-order valence-corrected chi connectivity index (χ3v) is 5.80. The molecule has 1 fully saturated rings. The van der Waals surface area contributed by atoms with Crippen molar-refractivity contribution < 1.29 is 4.79 Å². The molecule has 1 aliphatic rings. The van der Waals surface area contributed by atoms with Gasteiger partial charge in [0.15, 0.2) is 5.65 Å². The molecular weight excluding hydrogens is 400 g/mol. The number of pyridine rings is 1. The molecule has 1 saturated heterocycles. The Labute approximate surface area is 187 Å². The molecule has 0 bridgehead atoms. The van der Waals surface area contributed by atoms with Gasteiger partial charge in [-0.1, -0.05) is 31.2 Å². The number of likely N-dealkylation sites (tertiary alicyclic amines) is 1. The van der Waals surface area contributed by atoms with Crippen LogP contribution in [0.1, 0.15) is 22.8 Å². The van der Waals surface area contributed by atoms with E-state index >= 15 is 0 Å². The Balaban J connectivity index is 1.35. The van der Waals surface area contributed by atoms with Crippen molar-refractivity contribution in [2.45, 2.75) is 13.5 Å². The van der Waals surface area contributed by atoms with Gasteiger partial charge in [-0.3, -0.25) is 9.69 Å². The van der Waals surface area contributed by atoms with Crippen LogP contribution in [0.3, 0.4) is 0 Å². The number of carbonyl (C=O) groups excluding carboxylic acids is 1. The smallest absolute Gasteiger partial charge is 0.251 e. The molecule has 2 aromatic carbocycles. The molecule has 0 saturated carbocycles. The standard InChI is InChI=1S/C25H26N6O/c1-17-14-30(15-17)16-18-5-7-19(8-6-18)22-4-3-13-31-23(22)28-25(29-31)27-21-11-9-20(10-12-21)24(32)26-2/h3-13,17H,14-16H2,1-2H3,(H,26,32)(H,27,29). The summed E-state index contributed by atoms with van der Waals surface area (Å²) in [7, 11) is 1.62. The average Bonchev–Trinajstić information content (AvgIpc) is 3.21. The third-order valence-electron chi connectivity index (χ3n) is 5.80. The highest BCUT2D eigenvalue weighted by Gasteiger charge is 2.22. The maximum atomic E-state index is 11.7. The SMILES string of the molecule is CNC(=O)c1ccc(Nc2nc3c(-c4ccc(CN5CC(C)C5)cc4)cccn3n2)cc1. The van der Waals surface area contributed by atoms with Crippen molar-refractivity contribution in [1.29, 1.82) is 0 Å². The van der Waals surface area contributed by atoms with Gasteiger partial charge in [-0.25, -0.2) is 4.52 Å². The van der Waals surface area contributed by atoms with E-state index in [4.69, 9.17) is 4.98 Å². The molecular formula is C25H26N6O. The fourth-order valence-electron chi connectivity index (χ4n) is 4.17. The Bertz CT molecular complexity index is 1240. The van der Waals surface area contributed by atoms with E-state index in [0.717, 1.165) is 34.9 Å². The third kappa shape index (κ3) is 4.07. The number of hydrogen-bond acceptors (Lipinski definition) is 5. The van der Waals surface area contributed by atoms with Gasteiger partial charge in [-0.2, -0.15) is 4.98 Å². The Morgan fingerprint density at radius 1 is 1.06 bits per heavy atom. The topological polar surface area (TPSA) is 74.6 Å². The van der Waals surface area contributed by atoms with E-state index in [-0.39, 0.29) is 5.91 Å². The molecule has 2 N–H and O–H groups in total. The Morgan fingerprint density at radius 2 is 1.81 bits per heavy atom. The van der Waals surface area contributed by atoms with Crippen molar-refractivity contribution in [2.75, 3.05) is 25.5 Å². The molecule has 32 heavy (non-hydrogen) atoms. The number of rotatable bonds is 6. The molecule has 1 amide bonds. The number of anilines is 2. The van der Waals surface area contributed by atoms with Crippen molar-refractivity contribution in [3.8, 4) is 11.1 Å². The van der Waals surface area contributed by atoms with Gasteiger partial charge in [0.25, 0.3) is 5.91 Å². The van der Waals surface area contributed by atoms with Crippen LogP contribution in [0, 0.1) is 5.92 Å². The number of nitrogens with zero attached hydrogens (tertiary/aromatic N) is 4. The number of fused-ring (bicyclic) bond motifs is 1. The van der Waals surface area contributed by atoms with Gasteiger partial charge >= 0.3 is 0 Å². The molecule has 4 aromatic rings. The monoisotopic (exact) mass is 426 g/mol. The molecule has 0 unspecified atom stereocenters. The van der Waals surface area contributed by atoms with Gasteiger partial charge in [0.05, 0.1) is 0 Å². The Kier molecular flexibility index (Phi) is 5.33.